The van der Waals surface area contributed by atoms with Crippen molar-refractivity contribution in [2.24, 2.45) is 0 Å². The van der Waals surface area contributed by atoms with E-state index in [4.69, 9.17) is 0 Å². The van der Waals surface area contributed by atoms with E-state index in [1.54, 1.807) is 0 Å². The molecule has 3 aromatic heterocycles. The number of hydrogen-bond donors (Lipinski definition) is 0. The Morgan fingerprint density at radius 3 is 2.92 bits per heavy atom. The van der Waals surface area contributed by atoms with E-state index in [0.717, 1.165) is 0 Å². The van der Waals surface area contributed by atoms with Crippen molar-refractivity contribution in [3.8, 4) is 0 Å². The number of fused-ring (bicyclic) bond motifs is 3. The fraction of sp³-hybridized carbons (Fsp3) is 0. The summed E-state index contributed by atoms with van der Waals surface area (Å²) < 4.78 is 6.96. The number of hydrogen-bond acceptors (Lipinski definition) is 3. The molecule has 0 nitrogen and oxygen atoms in total. The van der Waals surface area contributed by atoms with Gasteiger partial charge in [-0.3, -0.25) is 0 Å². The third kappa shape index (κ3) is 0.923. The second kappa shape index (κ2) is 2.54. The number of halogens is 1. The molecular weight excluding hydrogens is 272 g/mol. The molecule has 0 aliphatic carbocycles. The van der Waals surface area contributed by atoms with Crippen molar-refractivity contribution in [3.05, 3.63) is 21.3 Å². The SMILES string of the molecule is Brc1cc2sc3ccsc3c2s1. The summed E-state index contributed by atoms with van der Waals surface area (Å²) in [6.45, 7) is 0. The van der Waals surface area contributed by atoms with E-state index in [-0.39, 0.29) is 0 Å². The van der Waals surface area contributed by atoms with E-state index in [1.165, 1.54) is 22.6 Å². The molecule has 4 heteroatoms. The van der Waals surface area contributed by atoms with E-state index in [2.05, 4.69) is 33.4 Å². The molecule has 0 aliphatic heterocycles. The first-order valence-corrected chi connectivity index (χ1v) is 6.70. The molecule has 0 unspecified atom stereocenters. The van der Waals surface area contributed by atoms with Gasteiger partial charge in [0, 0.05) is 9.40 Å². The van der Waals surface area contributed by atoms with E-state index in [1.807, 2.05) is 34.0 Å². The van der Waals surface area contributed by atoms with Crippen molar-refractivity contribution >= 4 is 68.7 Å². The first-order chi connectivity index (χ1) is 5.84. The summed E-state index contributed by atoms with van der Waals surface area (Å²) in [5.74, 6) is 0. The van der Waals surface area contributed by atoms with Gasteiger partial charge in [-0.05, 0) is 33.4 Å². The van der Waals surface area contributed by atoms with Gasteiger partial charge in [0.1, 0.15) is 0 Å². The monoisotopic (exact) mass is 274 g/mol. The molecule has 12 heavy (non-hydrogen) atoms. The second-order valence-corrected chi connectivity index (χ2v) is 6.89. The van der Waals surface area contributed by atoms with Crippen molar-refractivity contribution in [1.82, 2.24) is 0 Å². The lowest BCUT2D eigenvalue weighted by atomic mass is 10.5. The van der Waals surface area contributed by atoms with Gasteiger partial charge in [-0.2, -0.15) is 0 Å². The lowest BCUT2D eigenvalue weighted by molar-refractivity contribution is 2.13. The smallest absolute Gasteiger partial charge is 0.0719 e. The largest absolute Gasteiger partial charge is 0.141 e. The van der Waals surface area contributed by atoms with Crippen LogP contribution in [0, 0.1) is 0 Å². The molecule has 3 aromatic rings. The molecule has 0 saturated heterocycles. The van der Waals surface area contributed by atoms with E-state index in [0.29, 0.717) is 0 Å². The van der Waals surface area contributed by atoms with Gasteiger partial charge in [-0.15, -0.1) is 34.0 Å². The molecule has 0 atom stereocenters. The van der Waals surface area contributed by atoms with E-state index >= 15 is 0 Å². The molecule has 60 valence electrons. The fourth-order valence-electron chi connectivity index (χ4n) is 1.24. The van der Waals surface area contributed by atoms with Crippen LogP contribution in [-0.2, 0) is 0 Å². The highest BCUT2D eigenvalue weighted by atomic mass is 79.9. The quantitative estimate of drug-likeness (QED) is 0.545. The minimum absolute atomic E-state index is 1.24. The first kappa shape index (κ1) is 7.50. The predicted molar refractivity (Wildman–Crippen MR) is 62.8 cm³/mol. The van der Waals surface area contributed by atoms with E-state index in [9.17, 15) is 0 Å². The summed E-state index contributed by atoms with van der Waals surface area (Å²) in [6.07, 6.45) is 0. The molecule has 0 saturated carbocycles. The average molecular weight is 275 g/mol. The highest BCUT2D eigenvalue weighted by molar-refractivity contribution is 9.11. The van der Waals surface area contributed by atoms with Crippen molar-refractivity contribution < 1.29 is 0 Å². The Bertz CT molecular complexity index is 543. The van der Waals surface area contributed by atoms with Gasteiger partial charge < -0.3 is 0 Å². The van der Waals surface area contributed by atoms with Crippen LogP contribution in [0.3, 0.4) is 0 Å². The van der Waals surface area contributed by atoms with Crippen molar-refractivity contribution in [2.75, 3.05) is 0 Å². The number of rotatable bonds is 0. The third-order valence-electron chi connectivity index (χ3n) is 1.72. The maximum atomic E-state index is 3.51. The molecule has 0 amide bonds. The molecule has 0 fully saturated rings. The summed E-state index contributed by atoms with van der Waals surface area (Å²) in [7, 11) is 0. The fourth-order valence-corrected chi connectivity index (χ4v) is 5.60. The van der Waals surface area contributed by atoms with E-state index < -0.39 is 0 Å². The zero-order valence-corrected chi connectivity index (χ0v) is 9.87. The van der Waals surface area contributed by atoms with Gasteiger partial charge in [-0.25, -0.2) is 0 Å². The van der Waals surface area contributed by atoms with Crippen LogP contribution in [-0.4, -0.2) is 0 Å². The lowest BCUT2D eigenvalue weighted by Gasteiger charge is -1.74. The van der Waals surface area contributed by atoms with Gasteiger partial charge in [0.2, 0.25) is 0 Å². The van der Waals surface area contributed by atoms with Gasteiger partial charge in [0.05, 0.1) is 13.2 Å². The van der Waals surface area contributed by atoms with Crippen LogP contribution in [0.1, 0.15) is 0 Å². The summed E-state index contributed by atoms with van der Waals surface area (Å²) in [5, 5.41) is 2.16. The highest BCUT2D eigenvalue weighted by Gasteiger charge is 2.08. The molecule has 0 spiro atoms. The van der Waals surface area contributed by atoms with Gasteiger partial charge >= 0.3 is 0 Å². The van der Waals surface area contributed by atoms with Crippen LogP contribution in [0.25, 0.3) is 18.8 Å². The Morgan fingerprint density at radius 1 is 1.08 bits per heavy atom. The Labute approximate surface area is 89.6 Å². The van der Waals surface area contributed by atoms with Crippen LogP contribution in [0.4, 0.5) is 0 Å². The first-order valence-electron chi connectivity index (χ1n) is 3.39. The molecule has 3 rings (SSSR count). The molecule has 0 aliphatic rings. The summed E-state index contributed by atoms with van der Waals surface area (Å²) in [6, 6.07) is 4.41. The molecule has 0 radical (unpaired) electrons. The molecular formula is C8H3BrS3. The number of thiophene rings is 3. The topological polar surface area (TPSA) is 0 Å². The maximum Gasteiger partial charge on any atom is 0.0719 e. The van der Waals surface area contributed by atoms with Crippen LogP contribution in [0.15, 0.2) is 21.3 Å². The Balaban J connectivity index is 2.64. The van der Waals surface area contributed by atoms with Crippen LogP contribution >= 0.6 is 49.9 Å². The normalized spacial score (nSPS) is 11.8. The lowest BCUT2D eigenvalue weighted by Crippen LogP contribution is -1.39. The average Bonchev–Trinajstić information content (AvgIpc) is 2.59. The predicted octanol–water partition coefficient (Wildman–Crippen LogP) is 4.94. The van der Waals surface area contributed by atoms with Gasteiger partial charge in [-0.1, -0.05) is 0 Å². The van der Waals surface area contributed by atoms with Crippen molar-refractivity contribution in [2.45, 2.75) is 0 Å². The zero-order chi connectivity index (χ0) is 8.13. The summed E-state index contributed by atoms with van der Waals surface area (Å²) in [4.78, 5) is 0. The van der Waals surface area contributed by atoms with Crippen molar-refractivity contribution in [3.63, 3.8) is 0 Å². The van der Waals surface area contributed by atoms with Crippen LogP contribution in [0.5, 0.6) is 0 Å². The Morgan fingerprint density at radius 2 is 2.00 bits per heavy atom. The van der Waals surface area contributed by atoms with Gasteiger partial charge in [0.25, 0.3) is 0 Å². The van der Waals surface area contributed by atoms with Gasteiger partial charge in [0.15, 0.2) is 0 Å². The minimum atomic E-state index is 1.24. The third-order valence-corrected chi connectivity index (χ3v) is 5.80. The molecule has 0 aromatic carbocycles. The standard InChI is InChI=1S/C8H3BrS3/c9-6-3-5-8(12-6)7-4(11-5)1-2-10-7/h1-3H. The Kier molecular flexibility index (Phi) is 1.59. The summed E-state index contributed by atoms with van der Waals surface area (Å²) >= 11 is 9.05. The zero-order valence-electron chi connectivity index (χ0n) is 5.83. The highest BCUT2D eigenvalue weighted by Crippen LogP contribution is 2.43. The molecule has 0 bridgehead atoms. The maximum absolute atomic E-state index is 3.51. The summed E-state index contributed by atoms with van der Waals surface area (Å²) in [5.41, 5.74) is 0. The molecule has 0 N–H and O–H groups in total. The van der Waals surface area contributed by atoms with Crippen LogP contribution in [0.2, 0.25) is 0 Å². The van der Waals surface area contributed by atoms with Crippen LogP contribution < -0.4 is 0 Å². The molecule has 3 heterocycles. The van der Waals surface area contributed by atoms with Crippen molar-refractivity contribution in [1.29, 1.82) is 0 Å². The minimum Gasteiger partial charge on any atom is -0.141 e. The Hall–Kier alpha value is 0.1000. The second-order valence-electron chi connectivity index (χ2n) is 2.46.